The summed E-state index contributed by atoms with van der Waals surface area (Å²) in [7, 11) is -3.56. The van der Waals surface area contributed by atoms with E-state index in [-0.39, 0.29) is 16.9 Å². The van der Waals surface area contributed by atoms with Gasteiger partial charge in [-0.1, -0.05) is 37.3 Å². The summed E-state index contributed by atoms with van der Waals surface area (Å²) in [6.45, 7) is 5.54. The normalized spacial score (nSPS) is 17.4. The number of amides is 1. The van der Waals surface area contributed by atoms with E-state index in [0.29, 0.717) is 25.3 Å². The van der Waals surface area contributed by atoms with Gasteiger partial charge < -0.3 is 10.1 Å². The maximum atomic E-state index is 12.5. The van der Waals surface area contributed by atoms with E-state index in [9.17, 15) is 13.2 Å². The van der Waals surface area contributed by atoms with Crippen LogP contribution in [-0.4, -0.2) is 52.0 Å². The summed E-state index contributed by atoms with van der Waals surface area (Å²) in [4.78, 5) is 14.0. The lowest BCUT2D eigenvalue weighted by Crippen LogP contribution is -2.39. The SMILES string of the molecule is CCC(=O)Nc1ccc(S(=O)(=O)NCCCCN2CCOC(c3ccccc3)C2)cc1. The van der Waals surface area contributed by atoms with Gasteiger partial charge in [-0.15, -0.1) is 0 Å². The first-order valence-corrected chi connectivity index (χ1v) is 12.2. The molecule has 1 saturated heterocycles. The van der Waals surface area contributed by atoms with Gasteiger partial charge in [0.2, 0.25) is 15.9 Å². The first-order valence-electron chi connectivity index (χ1n) is 10.8. The van der Waals surface area contributed by atoms with E-state index in [0.717, 1.165) is 32.5 Å². The molecule has 0 aromatic heterocycles. The molecular formula is C23H31N3O4S. The van der Waals surface area contributed by atoms with Gasteiger partial charge >= 0.3 is 0 Å². The minimum atomic E-state index is -3.56. The standard InChI is InChI=1S/C23H31N3O4S/c1-2-23(27)25-20-10-12-21(13-11-20)31(28,29)24-14-6-7-15-26-16-17-30-22(18-26)19-8-4-3-5-9-19/h3-5,8-13,22,24H,2,6-7,14-18H2,1H3,(H,25,27). The Hall–Kier alpha value is -2.26. The number of sulfonamides is 1. The van der Waals surface area contributed by atoms with Crippen molar-refractivity contribution < 1.29 is 17.9 Å². The second-order valence-electron chi connectivity index (χ2n) is 7.60. The fraction of sp³-hybridized carbons (Fsp3) is 0.435. The van der Waals surface area contributed by atoms with Crippen LogP contribution in [0.5, 0.6) is 0 Å². The molecule has 31 heavy (non-hydrogen) atoms. The van der Waals surface area contributed by atoms with Gasteiger partial charge in [-0.3, -0.25) is 9.69 Å². The zero-order chi connectivity index (χ0) is 22.1. The lowest BCUT2D eigenvalue weighted by Gasteiger charge is -2.33. The second kappa shape index (κ2) is 11.4. The molecule has 0 aliphatic carbocycles. The van der Waals surface area contributed by atoms with E-state index in [1.54, 1.807) is 19.1 Å². The van der Waals surface area contributed by atoms with E-state index in [1.807, 2.05) is 18.2 Å². The van der Waals surface area contributed by atoms with Crippen molar-refractivity contribution in [3.8, 4) is 0 Å². The Labute approximate surface area is 184 Å². The zero-order valence-corrected chi connectivity index (χ0v) is 18.7. The third-order valence-corrected chi connectivity index (χ3v) is 6.76. The van der Waals surface area contributed by atoms with Crippen LogP contribution in [0.3, 0.4) is 0 Å². The van der Waals surface area contributed by atoms with Crippen LogP contribution in [0.2, 0.25) is 0 Å². The van der Waals surface area contributed by atoms with Gasteiger partial charge in [0.05, 0.1) is 17.6 Å². The number of unbranched alkanes of at least 4 members (excludes halogenated alkanes) is 1. The molecule has 1 fully saturated rings. The molecule has 2 N–H and O–H groups in total. The van der Waals surface area contributed by atoms with Crippen LogP contribution in [0.25, 0.3) is 0 Å². The number of carbonyl (C=O) groups is 1. The van der Waals surface area contributed by atoms with E-state index < -0.39 is 10.0 Å². The average Bonchev–Trinajstić information content (AvgIpc) is 2.80. The zero-order valence-electron chi connectivity index (χ0n) is 17.9. The highest BCUT2D eigenvalue weighted by molar-refractivity contribution is 7.89. The molecular weight excluding hydrogens is 414 g/mol. The van der Waals surface area contributed by atoms with Crippen molar-refractivity contribution in [1.82, 2.24) is 9.62 Å². The highest BCUT2D eigenvalue weighted by Crippen LogP contribution is 2.22. The predicted molar refractivity (Wildman–Crippen MR) is 121 cm³/mol. The summed E-state index contributed by atoms with van der Waals surface area (Å²) in [5, 5.41) is 2.71. The molecule has 2 aromatic carbocycles. The maximum Gasteiger partial charge on any atom is 0.240 e. The molecule has 168 valence electrons. The van der Waals surface area contributed by atoms with Gasteiger partial charge in [-0.25, -0.2) is 13.1 Å². The topological polar surface area (TPSA) is 87.7 Å². The number of hydrogen-bond acceptors (Lipinski definition) is 5. The van der Waals surface area contributed by atoms with Gasteiger partial charge in [0.15, 0.2) is 0 Å². The Balaban J connectivity index is 1.39. The molecule has 0 saturated carbocycles. The van der Waals surface area contributed by atoms with Gasteiger partial charge in [0.1, 0.15) is 0 Å². The molecule has 1 atom stereocenters. The van der Waals surface area contributed by atoms with Gasteiger partial charge in [-0.05, 0) is 49.2 Å². The molecule has 1 unspecified atom stereocenters. The molecule has 7 nitrogen and oxygen atoms in total. The molecule has 0 spiro atoms. The second-order valence-corrected chi connectivity index (χ2v) is 9.37. The number of nitrogens with zero attached hydrogens (tertiary/aromatic N) is 1. The quantitative estimate of drug-likeness (QED) is 0.549. The number of ether oxygens (including phenoxy) is 1. The van der Waals surface area contributed by atoms with Crippen LogP contribution < -0.4 is 10.0 Å². The van der Waals surface area contributed by atoms with Crippen LogP contribution in [-0.2, 0) is 19.6 Å². The summed E-state index contributed by atoms with van der Waals surface area (Å²) in [5.74, 6) is -0.107. The van der Waals surface area contributed by atoms with E-state index in [2.05, 4.69) is 27.1 Å². The molecule has 1 aliphatic heterocycles. The van der Waals surface area contributed by atoms with Crippen LogP contribution in [0.15, 0.2) is 59.5 Å². The minimum Gasteiger partial charge on any atom is -0.371 e. The van der Waals surface area contributed by atoms with E-state index in [4.69, 9.17) is 4.74 Å². The minimum absolute atomic E-state index is 0.0959. The number of anilines is 1. The largest absolute Gasteiger partial charge is 0.371 e. The van der Waals surface area contributed by atoms with Crippen molar-refractivity contribution in [3.63, 3.8) is 0 Å². The highest BCUT2D eigenvalue weighted by atomic mass is 32.2. The molecule has 1 heterocycles. The number of benzene rings is 2. The maximum absolute atomic E-state index is 12.5. The first-order chi connectivity index (χ1) is 15.0. The highest BCUT2D eigenvalue weighted by Gasteiger charge is 2.21. The van der Waals surface area contributed by atoms with Crippen LogP contribution >= 0.6 is 0 Å². The Morgan fingerprint density at radius 3 is 2.55 bits per heavy atom. The molecule has 8 heteroatoms. The number of nitrogens with one attached hydrogen (secondary N) is 2. The molecule has 0 bridgehead atoms. The fourth-order valence-corrected chi connectivity index (χ4v) is 4.57. The van der Waals surface area contributed by atoms with E-state index >= 15 is 0 Å². The number of rotatable bonds is 10. The molecule has 0 radical (unpaired) electrons. The molecule has 3 rings (SSSR count). The van der Waals surface area contributed by atoms with Crippen molar-refractivity contribution >= 4 is 21.6 Å². The molecule has 1 amide bonds. The smallest absolute Gasteiger partial charge is 0.240 e. The van der Waals surface area contributed by atoms with Crippen molar-refractivity contribution in [3.05, 3.63) is 60.2 Å². The molecule has 1 aliphatic rings. The number of carbonyl (C=O) groups excluding carboxylic acids is 1. The average molecular weight is 446 g/mol. The summed E-state index contributed by atoms with van der Waals surface area (Å²) in [5.41, 5.74) is 1.78. The monoisotopic (exact) mass is 445 g/mol. The van der Waals surface area contributed by atoms with Crippen LogP contribution in [0.4, 0.5) is 5.69 Å². The van der Waals surface area contributed by atoms with Crippen LogP contribution in [0.1, 0.15) is 37.9 Å². The summed E-state index contributed by atoms with van der Waals surface area (Å²) >= 11 is 0. The third kappa shape index (κ3) is 7.14. The van der Waals surface area contributed by atoms with Crippen LogP contribution in [0, 0.1) is 0 Å². The Bertz CT molecular complexity index is 933. The van der Waals surface area contributed by atoms with Gasteiger partial charge in [-0.2, -0.15) is 0 Å². The predicted octanol–water partition coefficient (Wildman–Crippen LogP) is 3.17. The first kappa shape index (κ1) is 23.4. The number of morpholine rings is 1. The Morgan fingerprint density at radius 1 is 1.10 bits per heavy atom. The summed E-state index contributed by atoms with van der Waals surface area (Å²) in [6, 6.07) is 16.4. The van der Waals surface area contributed by atoms with Crippen molar-refractivity contribution in [2.75, 3.05) is 38.1 Å². The van der Waals surface area contributed by atoms with Crippen molar-refractivity contribution in [2.24, 2.45) is 0 Å². The lowest BCUT2D eigenvalue weighted by atomic mass is 10.1. The van der Waals surface area contributed by atoms with Crippen molar-refractivity contribution in [1.29, 1.82) is 0 Å². The lowest BCUT2D eigenvalue weighted by molar-refractivity contribution is -0.115. The van der Waals surface area contributed by atoms with Gasteiger partial charge in [0.25, 0.3) is 0 Å². The summed E-state index contributed by atoms with van der Waals surface area (Å²) < 4.78 is 33.5. The number of hydrogen-bond donors (Lipinski definition) is 2. The summed E-state index contributed by atoms with van der Waals surface area (Å²) in [6.07, 6.45) is 2.14. The Morgan fingerprint density at radius 2 is 1.84 bits per heavy atom. The fourth-order valence-electron chi connectivity index (χ4n) is 3.49. The Kier molecular flexibility index (Phi) is 8.60. The third-order valence-electron chi connectivity index (χ3n) is 5.28. The molecule has 2 aromatic rings. The van der Waals surface area contributed by atoms with Gasteiger partial charge in [0, 0.05) is 31.7 Å². The van der Waals surface area contributed by atoms with E-state index in [1.165, 1.54) is 17.7 Å². The van der Waals surface area contributed by atoms with Crippen molar-refractivity contribution in [2.45, 2.75) is 37.2 Å².